The predicted octanol–water partition coefficient (Wildman–Crippen LogP) is 0.106. The van der Waals surface area contributed by atoms with E-state index in [9.17, 15) is 4.79 Å². The Kier molecular flexibility index (Phi) is 11.6. The van der Waals surface area contributed by atoms with Gasteiger partial charge in [-0.2, -0.15) is 30.3 Å². The number of imidazole rings is 1. The Morgan fingerprint density at radius 2 is 1.90 bits per heavy atom. The molecule has 0 fully saturated rings. The van der Waals surface area contributed by atoms with Crippen molar-refractivity contribution in [2.45, 2.75) is 13.0 Å². The maximum Gasteiger partial charge on any atom is 2.00 e. The summed E-state index contributed by atoms with van der Waals surface area (Å²) in [5.74, 6) is 0.881. The molecule has 152 valence electrons. The molecule has 5 nitrogen and oxygen atoms in total. The van der Waals surface area contributed by atoms with Crippen molar-refractivity contribution in [2.24, 2.45) is 0 Å². The minimum Gasteiger partial charge on any atom is -1.00 e. The first kappa shape index (κ1) is 24.6. The molecule has 1 N–H and O–H groups in total. The normalized spacial score (nSPS) is 9.38. The summed E-state index contributed by atoms with van der Waals surface area (Å²) in [4.78, 5) is 16.1. The topological polar surface area (TPSA) is 50.8 Å². The molecular weight excluding hydrogens is 472 g/mol. The van der Waals surface area contributed by atoms with Crippen LogP contribution in [0.3, 0.4) is 0 Å². The van der Waals surface area contributed by atoms with Gasteiger partial charge in [-0.05, 0) is 12.5 Å². The zero-order valence-electron chi connectivity index (χ0n) is 15.8. The second kappa shape index (κ2) is 13.7. The number of nitrogens with one attached hydrogen (secondary N) is 1. The molecule has 0 aliphatic carbocycles. The van der Waals surface area contributed by atoms with Crippen LogP contribution in [-0.4, -0.2) is 22.0 Å². The van der Waals surface area contributed by atoms with E-state index in [1.165, 1.54) is 0 Å². The molecule has 2 aromatic carbocycles. The summed E-state index contributed by atoms with van der Waals surface area (Å²) in [5.41, 5.74) is 0.717. The molecular formula is C22H23BrFeN4O. The molecule has 2 aromatic heterocycles. The van der Waals surface area contributed by atoms with Gasteiger partial charge >= 0.3 is 17.1 Å². The van der Waals surface area contributed by atoms with Gasteiger partial charge in [0.1, 0.15) is 12.4 Å². The number of carbonyl (C=O) groups is 1. The summed E-state index contributed by atoms with van der Waals surface area (Å²) in [6, 6.07) is 23.2. The van der Waals surface area contributed by atoms with Gasteiger partial charge in [0, 0.05) is 12.6 Å². The summed E-state index contributed by atoms with van der Waals surface area (Å²) in [6.45, 7) is 1.51. The van der Waals surface area contributed by atoms with Crippen molar-refractivity contribution in [2.75, 3.05) is 6.54 Å². The van der Waals surface area contributed by atoms with E-state index in [0.717, 1.165) is 18.8 Å². The van der Waals surface area contributed by atoms with Gasteiger partial charge in [-0.25, -0.2) is 28.8 Å². The Morgan fingerprint density at radius 3 is 2.52 bits per heavy atom. The Balaban J connectivity index is 0.000000527. The Morgan fingerprint density at radius 1 is 1.14 bits per heavy atom. The molecule has 2 heterocycles. The maximum atomic E-state index is 11.8. The molecule has 0 aliphatic rings. The van der Waals surface area contributed by atoms with Gasteiger partial charge in [0.25, 0.3) is 5.82 Å². The molecule has 0 atom stereocenters. The quantitative estimate of drug-likeness (QED) is 0.179. The largest absolute Gasteiger partial charge is 2.00 e. The number of halogens is 1. The average molecular weight is 495 g/mol. The van der Waals surface area contributed by atoms with Crippen molar-refractivity contribution in [1.29, 1.82) is 0 Å². The summed E-state index contributed by atoms with van der Waals surface area (Å²) >= 11 is 0. The minimum absolute atomic E-state index is 0. The van der Waals surface area contributed by atoms with Gasteiger partial charge in [0.15, 0.2) is 12.2 Å². The number of carbonyl (C=O) groups excluding carboxylic acids is 1. The van der Waals surface area contributed by atoms with Crippen LogP contribution in [0.15, 0.2) is 97.7 Å². The first-order valence-corrected chi connectivity index (χ1v) is 8.98. The smallest absolute Gasteiger partial charge is 1.00 e. The fourth-order valence-electron chi connectivity index (χ4n) is 2.58. The average Bonchev–Trinajstić information content (AvgIpc) is 3.49. The number of amides is 1. The molecule has 0 aliphatic heterocycles. The van der Waals surface area contributed by atoms with Crippen molar-refractivity contribution < 1.29 is 43.4 Å². The van der Waals surface area contributed by atoms with E-state index in [-0.39, 0.29) is 40.0 Å². The molecule has 1 amide bonds. The van der Waals surface area contributed by atoms with Gasteiger partial charge in [-0.3, -0.25) is 9.36 Å². The van der Waals surface area contributed by atoms with Gasteiger partial charge in [0.2, 0.25) is 0 Å². The van der Waals surface area contributed by atoms with Crippen molar-refractivity contribution in [3.05, 3.63) is 103 Å². The molecule has 7 heteroatoms. The van der Waals surface area contributed by atoms with Crippen molar-refractivity contribution in [3.8, 4) is 5.82 Å². The number of aromatic nitrogens is 3. The van der Waals surface area contributed by atoms with Crippen molar-refractivity contribution in [3.63, 3.8) is 0 Å². The third-order valence-corrected chi connectivity index (χ3v) is 3.96. The van der Waals surface area contributed by atoms with Crippen LogP contribution in [0.1, 0.15) is 16.8 Å². The van der Waals surface area contributed by atoms with Gasteiger partial charge in [-0.1, -0.05) is 11.6 Å². The summed E-state index contributed by atoms with van der Waals surface area (Å²) < 4.78 is 4.06. The van der Waals surface area contributed by atoms with E-state index in [1.54, 1.807) is 6.20 Å². The van der Waals surface area contributed by atoms with E-state index >= 15 is 0 Å². The van der Waals surface area contributed by atoms with E-state index in [4.69, 9.17) is 0 Å². The number of aryl methyl sites for hydroxylation is 1. The van der Waals surface area contributed by atoms with Gasteiger partial charge in [0.05, 0.1) is 12.7 Å². The Bertz CT molecular complexity index is 888. The number of pyridine rings is 1. The zero-order chi connectivity index (χ0) is 18.7. The SMILES string of the molecule is O=C(NCCCn1cc[n+](-c2ccccn2)c1)[c-]1cccc1.[Br-].[Fe+2].c1cc[cH-]c1. The van der Waals surface area contributed by atoms with E-state index in [1.807, 2.05) is 96.1 Å². The Hall–Kier alpha value is -2.47. The molecule has 0 spiro atoms. The molecule has 4 aromatic rings. The fraction of sp³-hybridized carbons (Fsp3) is 0.136. The number of nitrogens with zero attached hydrogens (tertiary/aromatic N) is 3. The predicted molar refractivity (Wildman–Crippen MR) is 105 cm³/mol. The third-order valence-electron chi connectivity index (χ3n) is 3.96. The molecule has 0 bridgehead atoms. The second-order valence-electron chi connectivity index (χ2n) is 5.99. The summed E-state index contributed by atoms with van der Waals surface area (Å²) in [7, 11) is 0. The second-order valence-corrected chi connectivity index (χ2v) is 5.99. The van der Waals surface area contributed by atoms with Crippen LogP contribution in [0.25, 0.3) is 5.82 Å². The first-order chi connectivity index (χ1) is 13.3. The molecule has 0 unspecified atom stereocenters. The molecule has 0 saturated heterocycles. The van der Waals surface area contributed by atoms with Gasteiger partial charge in [-0.15, -0.1) is 4.98 Å². The van der Waals surface area contributed by atoms with Crippen LogP contribution in [0.2, 0.25) is 0 Å². The third kappa shape index (κ3) is 8.20. The zero-order valence-corrected chi connectivity index (χ0v) is 18.5. The Labute approximate surface area is 192 Å². The van der Waals surface area contributed by atoms with E-state index in [0.29, 0.717) is 12.1 Å². The van der Waals surface area contributed by atoms with Gasteiger partial charge < -0.3 is 22.3 Å². The van der Waals surface area contributed by atoms with Crippen molar-refractivity contribution in [1.82, 2.24) is 14.9 Å². The van der Waals surface area contributed by atoms with E-state index < -0.39 is 0 Å². The van der Waals surface area contributed by atoms with Crippen LogP contribution in [0.4, 0.5) is 0 Å². The fourth-order valence-corrected chi connectivity index (χ4v) is 2.58. The molecule has 29 heavy (non-hydrogen) atoms. The minimum atomic E-state index is -0.0129. The van der Waals surface area contributed by atoms with Crippen molar-refractivity contribution >= 4 is 5.91 Å². The summed E-state index contributed by atoms with van der Waals surface area (Å²) in [6.07, 6.45) is 8.64. The first-order valence-electron chi connectivity index (χ1n) is 8.98. The van der Waals surface area contributed by atoms with Crippen LogP contribution in [0, 0.1) is 0 Å². The standard InChI is InChI=1S/C17H18N4O.C5H5.BrH.Fe/c22-17(15-6-1-2-7-15)19-10-5-11-20-12-13-21(14-20)16-8-3-4-9-18-16;1-2-4-5-3-1;;/h1-4,6-9,12-14H,5,10-11H2,(H,19,22);1-5H;1H;/q;-1;;+2/p-1. The van der Waals surface area contributed by atoms with Crippen LogP contribution in [-0.2, 0) is 23.6 Å². The van der Waals surface area contributed by atoms with Crippen LogP contribution >= 0.6 is 0 Å². The molecule has 0 radical (unpaired) electrons. The van der Waals surface area contributed by atoms with Crippen LogP contribution < -0.4 is 26.9 Å². The molecule has 4 rings (SSSR count). The number of hydrogen-bond donors (Lipinski definition) is 1. The monoisotopic (exact) mass is 494 g/mol. The van der Waals surface area contributed by atoms with Crippen LogP contribution in [0.5, 0.6) is 0 Å². The maximum absolute atomic E-state index is 11.8. The van der Waals surface area contributed by atoms with E-state index in [2.05, 4.69) is 14.9 Å². The summed E-state index contributed by atoms with van der Waals surface area (Å²) in [5, 5.41) is 2.92. The number of hydrogen-bond acceptors (Lipinski definition) is 2. The molecule has 0 saturated carbocycles. The number of rotatable bonds is 6.